The van der Waals surface area contributed by atoms with Crippen molar-refractivity contribution in [1.29, 1.82) is 0 Å². The first kappa shape index (κ1) is 15.2. The SMILES string of the molecule is Cn1cnc([N+](=O)[O-])c1NCCNc1ccccc1[N+](=O)[O-]. The predicted octanol–water partition coefficient (Wildman–Crippen LogP) is 1.76. The molecule has 1 aromatic carbocycles. The average Bonchev–Trinajstić information content (AvgIpc) is 2.85. The maximum absolute atomic E-state index is 10.9. The highest BCUT2D eigenvalue weighted by Crippen LogP contribution is 2.23. The zero-order chi connectivity index (χ0) is 16.1. The number of aryl methyl sites for hydroxylation is 1. The number of nitro groups is 2. The van der Waals surface area contributed by atoms with Crippen LogP contribution in [0, 0.1) is 20.2 Å². The van der Waals surface area contributed by atoms with Gasteiger partial charge in [0.05, 0.1) is 4.92 Å². The second-order valence-electron chi connectivity index (χ2n) is 4.41. The van der Waals surface area contributed by atoms with Crippen LogP contribution in [0.4, 0.5) is 23.0 Å². The number of hydrogen-bond donors (Lipinski definition) is 2. The van der Waals surface area contributed by atoms with Gasteiger partial charge in [-0.2, -0.15) is 0 Å². The Morgan fingerprint density at radius 3 is 2.50 bits per heavy atom. The van der Waals surface area contributed by atoms with E-state index in [1.807, 2.05) is 0 Å². The van der Waals surface area contributed by atoms with Crippen molar-refractivity contribution in [2.24, 2.45) is 7.05 Å². The molecule has 22 heavy (non-hydrogen) atoms. The van der Waals surface area contributed by atoms with Crippen LogP contribution in [0.2, 0.25) is 0 Å². The summed E-state index contributed by atoms with van der Waals surface area (Å²) < 4.78 is 1.50. The summed E-state index contributed by atoms with van der Waals surface area (Å²) in [5.74, 6) is 0.0301. The smallest absolute Gasteiger partial charge is 0.378 e. The molecular weight excluding hydrogens is 292 g/mol. The first-order chi connectivity index (χ1) is 10.5. The fourth-order valence-electron chi connectivity index (χ4n) is 1.92. The Hall–Kier alpha value is -3.17. The van der Waals surface area contributed by atoms with Crippen molar-refractivity contribution in [3.8, 4) is 0 Å². The Morgan fingerprint density at radius 2 is 1.82 bits per heavy atom. The zero-order valence-electron chi connectivity index (χ0n) is 11.7. The number of aromatic nitrogens is 2. The van der Waals surface area contributed by atoms with E-state index in [1.54, 1.807) is 25.2 Å². The lowest BCUT2D eigenvalue weighted by Crippen LogP contribution is -2.16. The Bertz CT molecular complexity index is 699. The maximum Gasteiger partial charge on any atom is 0.406 e. The molecule has 0 aliphatic carbocycles. The van der Waals surface area contributed by atoms with Crippen molar-refractivity contribution >= 4 is 23.0 Å². The molecule has 0 atom stereocenters. The fourth-order valence-corrected chi connectivity index (χ4v) is 1.92. The summed E-state index contributed by atoms with van der Waals surface area (Å²) in [6.45, 7) is 0.694. The molecule has 2 N–H and O–H groups in total. The summed E-state index contributed by atoms with van der Waals surface area (Å²) in [4.78, 5) is 24.3. The van der Waals surface area contributed by atoms with Crippen LogP contribution in [0.1, 0.15) is 0 Å². The van der Waals surface area contributed by atoms with Crippen LogP contribution in [0.3, 0.4) is 0 Å². The van der Waals surface area contributed by atoms with E-state index in [2.05, 4.69) is 15.6 Å². The molecule has 0 amide bonds. The van der Waals surface area contributed by atoms with Gasteiger partial charge >= 0.3 is 5.82 Å². The average molecular weight is 306 g/mol. The van der Waals surface area contributed by atoms with Crippen LogP contribution in [0.15, 0.2) is 30.6 Å². The minimum absolute atomic E-state index is 0.0194. The van der Waals surface area contributed by atoms with Crippen molar-refractivity contribution in [2.45, 2.75) is 0 Å². The van der Waals surface area contributed by atoms with E-state index in [4.69, 9.17) is 0 Å². The van der Waals surface area contributed by atoms with Crippen molar-refractivity contribution in [3.63, 3.8) is 0 Å². The molecule has 0 spiro atoms. The predicted molar refractivity (Wildman–Crippen MR) is 79.9 cm³/mol. The largest absolute Gasteiger partial charge is 0.406 e. The molecule has 0 saturated heterocycles. The van der Waals surface area contributed by atoms with Crippen LogP contribution in [0.25, 0.3) is 0 Å². The van der Waals surface area contributed by atoms with Crippen LogP contribution in [-0.4, -0.2) is 32.5 Å². The highest BCUT2D eigenvalue weighted by molar-refractivity contribution is 5.61. The van der Waals surface area contributed by atoms with Crippen LogP contribution >= 0.6 is 0 Å². The van der Waals surface area contributed by atoms with Gasteiger partial charge in [0.15, 0.2) is 0 Å². The third-order valence-electron chi connectivity index (χ3n) is 2.92. The van der Waals surface area contributed by atoms with E-state index in [-0.39, 0.29) is 17.3 Å². The summed E-state index contributed by atoms with van der Waals surface area (Å²) in [5.41, 5.74) is 0.378. The molecule has 1 aromatic heterocycles. The third kappa shape index (κ3) is 3.29. The minimum Gasteiger partial charge on any atom is -0.378 e. The summed E-state index contributed by atoms with van der Waals surface area (Å²) in [5, 5.41) is 27.5. The Balaban J connectivity index is 1.95. The monoisotopic (exact) mass is 306 g/mol. The molecule has 0 bridgehead atoms. The molecule has 2 aromatic rings. The lowest BCUT2D eigenvalue weighted by atomic mass is 10.2. The second-order valence-corrected chi connectivity index (χ2v) is 4.41. The standard InChI is InChI=1S/C12H14N6O4/c1-16-8-15-12(18(21)22)11(16)14-7-6-13-9-4-2-3-5-10(9)17(19)20/h2-5,8,13-14H,6-7H2,1H3. The first-order valence-electron chi connectivity index (χ1n) is 6.37. The van der Waals surface area contributed by atoms with Gasteiger partial charge in [-0.05, 0) is 16.0 Å². The van der Waals surface area contributed by atoms with E-state index >= 15 is 0 Å². The van der Waals surface area contributed by atoms with E-state index in [9.17, 15) is 20.2 Å². The van der Waals surface area contributed by atoms with Gasteiger partial charge in [-0.25, -0.2) is 0 Å². The van der Waals surface area contributed by atoms with Crippen LogP contribution in [0.5, 0.6) is 0 Å². The molecular formula is C12H14N6O4. The molecule has 0 saturated carbocycles. The van der Waals surface area contributed by atoms with Gasteiger partial charge in [-0.15, -0.1) is 0 Å². The summed E-state index contributed by atoms with van der Waals surface area (Å²) in [6, 6.07) is 6.28. The number of rotatable bonds is 7. The van der Waals surface area contributed by atoms with Gasteiger partial charge in [0.1, 0.15) is 5.69 Å². The molecule has 10 nitrogen and oxygen atoms in total. The lowest BCUT2D eigenvalue weighted by Gasteiger charge is -2.09. The van der Waals surface area contributed by atoms with E-state index < -0.39 is 9.85 Å². The summed E-state index contributed by atoms with van der Waals surface area (Å²) in [6.07, 6.45) is 1.34. The lowest BCUT2D eigenvalue weighted by molar-refractivity contribution is -0.388. The second kappa shape index (κ2) is 6.52. The van der Waals surface area contributed by atoms with Crippen LogP contribution < -0.4 is 10.6 Å². The maximum atomic E-state index is 10.9. The van der Waals surface area contributed by atoms with Crippen molar-refractivity contribution in [1.82, 2.24) is 9.55 Å². The summed E-state index contributed by atoms with van der Waals surface area (Å²) in [7, 11) is 1.64. The van der Waals surface area contributed by atoms with E-state index in [0.29, 0.717) is 18.8 Å². The molecule has 116 valence electrons. The zero-order valence-corrected chi connectivity index (χ0v) is 11.7. The number of benzene rings is 1. The molecule has 0 unspecified atom stereocenters. The van der Waals surface area contributed by atoms with Crippen molar-refractivity contribution in [3.05, 3.63) is 50.8 Å². The normalized spacial score (nSPS) is 10.2. The molecule has 0 aliphatic heterocycles. The molecule has 0 aliphatic rings. The molecule has 1 heterocycles. The number of hydrogen-bond acceptors (Lipinski definition) is 7. The van der Waals surface area contributed by atoms with Crippen molar-refractivity contribution in [2.75, 3.05) is 23.7 Å². The van der Waals surface area contributed by atoms with E-state index in [1.165, 1.54) is 17.0 Å². The number of nitrogens with one attached hydrogen (secondary N) is 2. The molecule has 0 radical (unpaired) electrons. The third-order valence-corrected chi connectivity index (χ3v) is 2.92. The number of anilines is 2. The molecule has 0 fully saturated rings. The van der Waals surface area contributed by atoms with Gasteiger partial charge in [0.2, 0.25) is 12.1 Å². The Labute approximate surface area is 125 Å². The Kier molecular flexibility index (Phi) is 4.51. The highest BCUT2D eigenvalue weighted by atomic mass is 16.6. The quantitative estimate of drug-likeness (QED) is 0.453. The number of imidazole rings is 1. The first-order valence-corrected chi connectivity index (χ1v) is 6.37. The fraction of sp³-hybridized carbons (Fsp3) is 0.250. The summed E-state index contributed by atoms with van der Waals surface area (Å²) >= 11 is 0. The number of nitrogens with zero attached hydrogens (tertiary/aromatic N) is 4. The van der Waals surface area contributed by atoms with Gasteiger partial charge in [-0.3, -0.25) is 14.7 Å². The van der Waals surface area contributed by atoms with E-state index in [0.717, 1.165) is 0 Å². The minimum atomic E-state index is -0.572. The molecule has 2 rings (SSSR count). The van der Waals surface area contributed by atoms with Gasteiger partial charge in [0.25, 0.3) is 5.69 Å². The Morgan fingerprint density at radius 1 is 1.14 bits per heavy atom. The molecule has 10 heteroatoms. The van der Waals surface area contributed by atoms with Gasteiger partial charge in [-0.1, -0.05) is 12.1 Å². The van der Waals surface area contributed by atoms with Crippen LogP contribution in [-0.2, 0) is 7.05 Å². The van der Waals surface area contributed by atoms with Gasteiger partial charge < -0.3 is 20.7 Å². The topological polar surface area (TPSA) is 128 Å². The van der Waals surface area contributed by atoms with Gasteiger partial charge in [0, 0.05) is 26.2 Å². The number of nitro benzene ring substituents is 1. The highest BCUT2D eigenvalue weighted by Gasteiger charge is 2.19. The number of para-hydroxylation sites is 2. The van der Waals surface area contributed by atoms with Crippen molar-refractivity contribution < 1.29 is 9.85 Å².